The first-order valence-corrected chi connectivity index (χ1v) is 11.2. The van der Waals surface area contributed by atoms with E-state index in [9.17, 15) is 13.6 Å². The highest BCUT2D eigenvalue weighted by molar-refractivity contribution is 5.83. The molecule has 2 saturated heterocycles. The molecule has 2 fully saturated rings. The van der Waals surface area contributed by atoms with Crippen LogP contribution in [-0.4, -0.2) is 74.4 Å². The second kappa shape index (κ2) is 9.17. The number of morpholine rings is 1. The third kappa shape index (κ3) is 4.53. The number of rotatable bonds is 6. The van der Waals surface area contributed by atoms with Crippen molar-refractivity contribution in [3.05, 3.63) is 53.3 Å². The summed E-state index contributed by atoms with van der Waals surface area (Å²) in [5.41, 5.74) is 1.44. The minimum Gasteiger partial charge on any atom is -0.470 e. The van der Waals surface area contributed by atoms with Crippen molar-refractivity contribution in [1.82, 2.24) is 30.1 Å². The molecule has 1 amide bonds. The summed E-state index contributed by atoms with van der Waals surface area (Å²) < 4.78 is 38.7. The Morgan fingerprint density at radius 2 is 1.94 bits per heavy atom. The molecule has 0 bridgehead atoms. The van der Waals surface area contributed by atoms with Crippen molar-refractivity contribution < 1.29 is 23.0 Å². The molecule has 0 aliphatic carbocycles. The number of carbonyl (C=O) groups excluding carboxylic acids is 1. The van der Waals surface area contributed by atoms with Gasteiger partial charge in [0.05, 0.1) is 36.7 Å². The van der Waals surface area contributed by atoms with Crippen LogP contribution >= 0.6 is 0 Å². The number of hydrogen-bond acceptors (Lipinski definition) is 8. The molecule has 3 aromatic rings. The van der Waals surface area contributed by atoms with E-state index in [0.29, 0.717) is 55.1 Å². The molecule has 2 aliphatic heterocycles. The van der Waals surface area contributed by atoms with E-state index < -0.39 is 12.0 Å². The summed E-state index contributed by atoms with van der Waals surface area (Å²) in [6.45, 7) is 6.38. The molecule has 35 heavy (non-hydrogen) atoms. The molecule has 1 atom stereocenters. The predicted octanol–water partition coefficient (Wildman–Crippen LogP) is 2.32. The molecule has 10 nitrogen and oxygen atoms in total. The number of amides is 1. The number of hydrogen-bond donors (Lipinski definition) is 0. The third-order valence-corrected chi connectivity index (χ3v) is 6.34. The van der Waals surface area contributed by atoms with Gasteiger partial charge in [-0.2, -0.15) is 0 Å². The topological polar surface area (TPSA) is 98.5 Å². The van der Waals surface area contributed by atoms with Crippen LogP contribution in [0.5, 0.6) is 5.88 Å². The molecule has 0 spiro atoms. The molecule has 5 rings (SSSR count). The Balaban J connectivity index is 1.27. The van der Waals surface area contributed by atoms with E-state index in [-0.39, 0.29) is 24.6 Å². The zero-order valence-corrected chi connectivity index (χ0v) is 19.4. The van der Waals surface area contributed by atoms with Crippen molar-refractivity contribution in [2.45, 2.75) is 32.4 Å². The van der Waals surface area contributed by atoms with Crippen molar-refractivity contribution in [3.8, 4) is 11.6 Å². The fourth-order valence-corrected chi connectivity index (χ4v) is 4.44. The molecule has 2 aliphatic rings. The van der Waals surface area contributed by atoms with Gasteiger partial charge in [-0.3, -0.25) is 4.79 Å². The van der Waals surface area contributed by atoms with Gasteiger partial charge >= 0.3 is 0 Å². The van der Waals surface area contributed by atoms with Crippen LogP contribution in [0.2, 0.25) is 0 Å². The first kappa shape index (κ1) is 23.1. The maximum absolute atomic E-state index is 12.9. The number of fused-ring (bicyclic) bond motifs is 1. The molecule has 0 saturated carbocycles. The average molecular weight is 485 g/mol. The first-order chi connectivity index (χ1) is 16.8. The quantitative estimate of drug-likeness (QED) is 0.525. The largest absolute Gasteiger partial charge is 0.470 e. The van der Waals surface area contributed by atoms with Gasteiger partial charge in [0.25, 0.3) is 6.43 Å². The number of benzene rings is 1. The van der Waals surface area contributed by atoms with Gasteiger partial charge in [-0.25, -0.2) is 13.5 Å². The van der Waals surface area contributed by atoms with Crippen LogP contribution in [0, 0.1) is 6.92 Å². The summed E-state index contributed by atoms with van der Waals surface area (Å²) in [5, 5.41) is 16.6. The number of anilines is 1. The van der Waals surface area contributed by atoms with Crippen LogP contribution in [0.3, 0.4) is 0 Å². The van der Waals surface area contributed by atoms with Crippen molar-refractivity contribution in [3.63, 3.8) is 0 Å². The van der Waals surface area contributed by atoms with E-state index in [1.807, 2.05) is 16.7 Å². The number of nitrogens with zero attached hydrogens (tertiary/aromatic N) is 7. The zero-order valence-electron chi connectivity index (χ0n) is 19.4. The van der Waals surface area contributed by atoms with Gasteiger partial charge in [-0.1, -0.05) is 17.3 Å². The highest BCUT2D eigenvalue weighted by atomic mass is 19.3. The number of alkyl halides is 2. The van der Waals surface area contributed by atoms with Gasteiger partial charge in [0.1, 0.15) is 12.3 Å². The molecule has 2 aromatic heterocycles. The Kier molecular flexibility index (Phi) is 6.05. The second-order valence-electron chi connectivity index (χ2n) is 8.89. The molecule has 1 aromatic carbocycles. The summed E-state index contributed by atoms with van der Waals surface area (Å²) in [4.78, 5) is 16.4. The molecule has 4 heterocycles. The zero-order chi connectivity index (χ0) is 24.6. The molecule has 0 radical (unpaired) electrons. The van der Waals surface area contributed by atoms with Crippen LogP contribution in [0.15, 0.2) is 36.4 Å². The monoisotopic (exact) mass is 485 g/mol. The standard InChI is InChI=1S/C23H25F2N7O3/c1-15-18(32(29-26-15)17-5-3-16(4-6-17)22(24)25)12-35-20-8-7-19(27-28-20)30-11-21(33)31-9-10-34-14-23(31,2)13-30/h3-8,22H,9-14H2,1-2H3/t23-/m1/s1. The minimum atomic E-state index is -2.54. The Hall–Kier alpha value is -3.67. The lowest BCUT2D eigenvalue weighted by Gasteiger charge is -2.50. The molecular weight excluding hydrogens is 460 g/mol. The van der Waals surface area contributed by atoms with Gasteiger partial charge in [0.2, 0.25) is 11.8 Å². The number of halogens is 2. The maximum Gasteiger partial charge on any atom is 0.263 e. The fourth-order valence-electron chi connectivity index (χ4n) is 4.44. The van der Waals surface area contributed by atoms with Crippen LogP contribution in [0.4, 0.5) is 14.6 Å². The van der Waals surface area contributed by atoms with Gasteiger partial charge in [-0.05, 0) is 32.0 Å². The van der Waals surface area contributed by atoms with Crippen LogP contribution < -0.4 is 9.64 Å². The SMILES string of the molecule is Cc1nnn(-c2ccc(C(F)F)cc2)c1COc1ccc(N2CC(=O)N3CCOC[C@@]3(C)C2)nn1. The molecule has 12 heteroatoms. The van der Waals surface area contributed by atoms with Crippen molar-refractivity contribution in [2.75, 3.05) is 37.7 Å². The van der Waals surface area contributed by atoms with Crippen molar-refractivity contribution in [1.29, 1.82) is 0 Å². The lowest BCUT2D eigenvalue weighted by atomic mass is 9.95. The highest BCUT2D eigenvalue weighted by Crippen LogP contribution is 2.28. The molecular formula is C23H25F2N7O3. The summed E-state index contributed by atoms with van der Waals surface area (Å²) in [5.74, 6) is 0.923. The molecule has 184 valence electrons. The normalized spacial score (nSPS) is 20.3. The first-order valence-electron chi connectivity index (χ1n) is 11.2. The van der Waals surface area contributed by atoms with Crippen molar-refractivity contribution >= 4 is 11.7 Å². The maximum atomic E-state index is 12.9. The predicted molar refractivity (Wildman–Crippen MR) is 121 cm³/mol. The van der Waals surface area contributed by atoms with E-state index in [1.54, 1.807) is 35.9 Å². The van der Waals surface area contributed by atoms with Crippen LogP contribution in [-0.2, 0) is 16.1 Å². The summed E-state index contributed by atoms with van der Waals surface area (Å²) in [6.07, 6.45) is -2.54. The highest BCUT2D eigenvalue weighted by Gasteiger charge is 2.44. The van der Waals surface area contributed by atoms with Gasteiger partial charge in [0.15, 0.2) is 5.82 Å². The van der Waals surface area contributed by atoms with E-state index in [4.69, 9.17) is 9.47 Å². The van der Waals surface area contributed by atoms with E-state index in [2.05, 4.69) is 20.5 Å². The Labute approximate surface area is 200 Å². The molecule has 0 N–H and O–H groups in total. The van der Waals surface area contributed by atoms with Gasteiger partial charge in [0, 0.05) is 24.7 Å². The Morgan fingerprint density at radius 1 is 1.14 bits per heavy atom. The lowest BCUT2D eigenvalue weighted by molar-refractivity contribution is -0.149. The van der Waals surface area contributed by atoms with Gasteiger partial charge < -0.3 is 19.3 Å². The fraction of sp³-hybridized carbons (Fsp3) is 0.435. The Morgan fingerprint density at radius 3 is 2.66 bits per heavy atom. The summed E-state index contributed by atoms with van der Waals surface area (Å²) >= 11 is 0. The number of carbonyl (C=O) groups is 1. The third-order valence-electron chi connectivity index (χ3n) is 6.34. The van der Waals surface area contributed by atoms with E-state index in [0.717, 1.165) is 0 Å². The number of ether oxygens (including phenoxy) is 2. The van der Waals surface area contributed by atoms with E-state index in [1.165, 1.54) is 12.1 Å². The summed E-state index contributed by atoms with van der Waals surface area (Å²) in [7, 11) is 0. The Bertz CT molecular complexity index is 1200. The number of piperazine rings is 1. The van der Waals surface area contributed by atoms with Crippen LogP contribution in [0.1, 0.15) is 30.3 Å². The number of aryl methyl sites for hydroxylation is 1. The average Bonchev–Trinajstić information content (AvgIpc) is 3.22. The lowest BCUT2D eigenvalue weighted by Crippen LogP contribution is -2.68. The van der Waals surface area contributed by atoms with Gasteiger partial charge in [-0.15, -0.1) is 15.3 Å². The second-order valence-corrected chi connectivity index (χ2v) is 8.89. The smallest absolute Gasteiger partial charge is 0.263 e. The number of aromatic nitrogens is 5. The van der Waals surface area contributed by atoms with Crippen LogP contribution in [0.25, 0.3) is 5.69 Å². The summed E-state index contributed by atoms with van der Waals surface area (Å²) in [6, 6.07) is 9.30. The van der Waals surface area contributed by atoms with E-state index >= 15 is 0 Å². The van der Waals surface area contributed by atoms with Crippen molar-refractivity contribution in [2.24, 2.45) is 0 Å². The molecule has 0 unspecified atom stereocenters. The minimum absolute atomic E-state index is 0.0435.